The highest BCUT2D eigenvalue weighted by atomic mass is 15.2. The van der Waals surface area contributed by atoms with Crippen LogP contribution in [0.3, 0.4) is 0 Å². The molecule has 1 fully saturated rings. The van der Waals surface area contributed by atoms with Gasteiger partial charge in [-0.1, -0.05) is 36.4 Å². The van der Waals surface area contributed by atoms with E-state index in [1.54, 1.807) is 0 Å². The van der Waals surface area contributed by atoms with Gasteiger partial charge in [0.05, 0.1) is 17.6 Å². The van der Waals surface area contributed by atoms with Crippen LogP contribution in [0.25, 0.3) is 5.70 Å². The average molecular weight is 305 g/mol. The van der Waals surface area contributed by atoms with Crippen LogP contribution in [-0.2, 0) is 0 Å². The van der Waals surface area contributed by atoms with Crippen molar-refractivity contribution in [1.29, 1.82) is 0 Å². The van der Waals surface area contributed by atoms with E-state index in [-0.39, 0.29) is 0 Å². The number of aromatic nitrogens is 1. The van der Waals surface area contributed by atoms with Crippen LogP contribution in [0, 0.1) is 6.92 Å². The SMILES string of the molecule is C=C=C(c1ccc(C)cc1)N(c1cccnc1)C1CCNCC1. The van der Waals surface area contributed by atoms with Crippen LogP contribution in [0.15, 0.2) is 61.1 Å². The second-order valence-corrected chi connectivity index (χ2v) is 5.95. The molecule has 0 atom stereocenters. The number of benzene rings is 1. The number of piperidine rings is 1. The van der Waals surface area contributed by atoms with E-state index in [9.17, 15) is 0 Å². The minimum atomic E-state index is 0.436. The summed E-state index contributed by atoms with van der Waals surface area (Å²) >= 11 is 0. The highest BCUT2D eigenvalue weighted by Crippen LogP contribution is 2.30. The van der Waals surface area contributed by atoms with E-state index < -0.39 is 0 Å². The maximum absolute atomic E-state index is 4.31. The second-order valence-electron chi connectivity index (χ2n) is 5.95. The summed E-state index contributed by atoms with van der Waals surface area (Å²) in [6.45, 7) is 8.15. The van der Waals surface area contributed by atoms with Crippen molar-refractivity contribution < 1.29 is 0 Å². The summed E-state index contributed by atoms with van der Waals surface area (Å²) in [5.41, 5.74) is 7.72. The Morgan fingerprint density at radius 1 is 1.22 bits per heavy atom. The summed E-state index contributed by atoms with van der Waals surface area (Å²) in [4.78, 5) is 6.66. The molecule has 1 aromatic heterocycles. The molecule has 3 rings (SSSR count). The van der Waals surface area contributed by atoms with Crippen molar-refractivity contribution in [1.82, 2.24) is 10.3 Å². The van der Waals surface area contributed by atoms with Gasteiger partial charge in [0.1, 0.15) is 0 Å². The number of hydrogen-bond donors (Lipinski definition) is 1. The molecule has 1 aliphatic heterocycles. The van der Waals surface area contributed by atoms with Crippen molar-refractivity contribution >= 4 is 11.4 Å². The zero-order chi connectivity index (χ0) is 16.1. The number of nitrogens with zero attached hydrogens (tertiary/aromatic N) is 2. The molecule has 2 aromatic rings. The fourth-order valence-electron chi connectivity index (χ4n) is 3.12. The topological polar surface area (TPSA) is 28.2 Å². The van der Waals surface area contributed by atoms with E-state index >= 15 is 0 Å². The van der Waals surface area contributed by atoms with Crippen molar-refractivity contribution in [2.45, 2.75) is 25.8 Å². The van der Waals surface area contributed by atoms with Gasteiger partial charge in [0, 0.05) is 17.8 Å². The number of hydrogen-bond acceptors (Lipinski definition) is 3. The van der Waals surface area contributed by atoms with Crippen LogP contribution in [0.4, 0.5) is 5.69 Å². The van der Waals surface area contributed by atoms with Crippen molar-refractivity contribution in [2.75, 3.05) is 18.0 Å². The Morgan fingerprint density at radius 2 is 1.96 bits per heavy atom. The standard InChI is InChI=1S/C20H23N3/c1-3-20(17-8-6-16(2)7-9-17)23(18-10-13-21-14-11-18)19-5-4-12-22-15-19/h4-9,12,15,18,21H,1,10-11,13-14H2,2H3. The number of nitrogens with one attached hydrogen (secondary N) is 1. The van der Waals surface area contributed by atoms with E-state index in [2.05, 4.69) is 64.8 Å². The van der Waals surface area contributed by atoms with Gasteiger partial charge in [0.25, 0.3) is 0 Å². The predicted molar refractivity (Wildman–Crippen MR) is 96.3 cm³/mol. The van der Waals surface area contributed by atoms with E-state index in [1.165, 1.54) is 5.56 Å². The lowest BCUT2D eigenvalue weighted by Gasteiger charge is -2.37. The Balaban J connectivity index is 2.02. The molecule has 3 heteroatoms. The lowest BCUT2D eigenvalue weighted by atomic mass is 10.0. The Hall–Kier alpha value is -2.35. The fourth-order valence-corrected chi connectivity index (χ4v) is 3.12. The van der Waals surface area contributed by atoms with Crippen LogP contribution in [0.2, 0.25) is 0 Å². The molecule has 0 amide bonds. The number of anilines is 1. The monoisotopic (exact) mass is 305 g/mol. The van der Waals surface area contributed by atoms with Gasteiger partial charge in [-0.15, -0.1) is 5.73 Å². The average Bonchev–Trinajstić information content (AvgIpc) is 2.62. The molecule has 0 bridgehead atoms. The molecule has 0 radical (unpaired) electrons. The number of aryl methyl sites for hydroxylation is 1. The summed E-state index contributed by atoms with van der Waals surface area (Å²) in [5, 5.41) is 3.44. The first-order chi connectivity index (χ1) is 11.3. The summed E-state index contributed by atoms with van der Waals surface area (Å²) in [6.07, 6.45) is 5.94. The maximum atomic E-state index is 4.31. The largest absolute Gasteiger partial charge is 0.330 e. The number of rotatable bonds is 4. The molecule has 0 aliphatic carbocycles. The minimum absolute atomic E-state index is 0.436. The second kappa shape index (κ2) is 7.28. The summed E-state index contributed by atoms with van der Waals surface area (Å²) in [5.74, 6) is 0. The molecule has 1 N–H and O–H groups in total. The quantitative estimate of drug-likeness (QED) is 0.872. The molecule has 1 aliphatic rings. The zero-order valence-corrected chi connectivity index (χ0v) is 13.6. The lowest BCUT2D eigenvalue weighted by molar-refractivity contribution is 0.453. The molecule has 0 unspecified atom stereocenters. The summed E-state index contributed by atoms with van der Waals surface area (Å²) in [6, 6.07) is 13.1. The van der Waals surface area contributed by atoms with Crippen LogP contribution in [-0.4, -0.2) is 24.1 Å². The molecule has 0 spiro atoms. The third-order valence-corrected chi connectivity index (χ3v) is 4.33. The fraction of sp³-hybridized carbons (Fsp3) is 0.300. The Kier molecular flexibility index (Phi) is 4.92. The molecule has 1 aromatic carbocycles. The Bertz CT molecular complexity index is 679. The van der Waals surface area contributed by atoms with Gasteiger partial charge in [-0.2, -0.15) is 0 Å². The van der Waals surface area contributed by atoms with E-state index in [1.807, 2.05) is 18.5 Å². The van der Waals surface area contributed by atoms with Gasteiger partial charge in [-0.25, -0.2) is 0 Å². The van der Waals surface area contributed by atoms with Gasteiger partial charge >= 0.3 is 0 Å². The minimum Gasteiger partial charge on any atom is -0.330 e. The molecule has 118 valence electrons. The van der Waals surface area contributed by atoms with Gasteiger partial charge in [0.15, 0.2) is 0 Å². The van der Waals surface area contributed by atoms with E-state index in [0.29, 0.717) is 6.04 Å². The first kappa shape index (κ1) is 15.5. The number of pyridine rings is 1. The van der Waals surface area contributed by atoms with Crippen molar-refractivity contribution in [3.05, 3.63) is 72.2 Å². The third kappa shape index (κ3) is 3.53. The van der Waals surface area contributed by atoms with Gasteiger partial charge < -0.3 is 10.2 Å². The lowest BCUT2D eigenvalue weighted by Crippen LogP contribution is -2.42. The summed E-state index contributed by atoms with van der Waals surface area (Å²) in [7, 11) is 0. The van der Waals surface area contributed by atoms with Crippen LogP contribution >= 0.6 is 0 Å². The highest BCUT2D eigenvalue weighted by Gasteiger charge is 2.25. The molecular formula is C20H23N3. The normalized spacial score (nSPS) is 15.0. The third-order valence-electron chi connectivity index (χ3n) is 4.33. The van der Waals surface area contributed by atoms with Crippen molar-refractivity contribution in [2.24, 2.45) is 0 Å². The van der Waals surface area contributed by atoms with Crippen molar-refractivity contribution in [3.8, 4) is 0 Å². The first-order valence-electron chi connectivity index (χ1n) is 8.16. The van der Waals surface area contributed by atoms with E-state index in [4.69, 9.17) is 0 Å². The van der Waals surface area contributed by atoms with Crippen LogP contribution < -0.4 is 10.2 Å². The predicted octanol–water partition coefficient (Wildman–Crippen LogP) is 3.77. The molecule has 0 saturated carbocycles. The Morgan fingerprint density at radius 3 is 2.57 bits per heavy atom. The molecule has 23 heavy (non-hydrogen) atoms. The first-order valence-corrected chi connectivity index (χ1v) is 8.16. The maximum Gasteiger partial charge on any atom is 0.0915 e. The van der Waals surface area contributed by atoms with Gasteiger partial charge in [-0.3, -0.25) is 4.98 Å². The zero-order valence-electron chi connectivity index (χ0n) is 13.6. The van der Waals surface area contributed by atoms with E-state index in [0.717, 1.165) is 42.9 Å². The van der Waals surface area contributed by atoms with Gasteiger partial charge in [-0.05, 0) is 45.0 Å². The highest BCUT2D eigenvalue weighted by molar-refractivity contribution is 5.79. The molecule has 2 heterocycles. The smallest absolute Gasteiger partial charge is 0.0915 e. The van der Waals surface area contributed by atoms with Crippen molar-refractivity contribution in [3.63, 3.8) is 0 Å². The molecule has 1 saturated heterocycles. The Labute approximate surface area is 138 Å². The summed E-state index contributed by atoms with van der Waals surface area (Å²) < 4.78 is 0. The molecular weight excluding hydrogens is 282 g/mol. The van der Waals surface area contributed by atoms with Crippen LogP contribution in [0.5, 0.6) is 0 Å². The van der Waals surface area contributed by atoms with Crippen LogP contribution in [0.1, 0.15) is 24.0 Å². The van der Waals surface area contributed by atoms with Gasteiger partial charge in [0.2, 0.25) is 0 Å². The molecule has 3 nitrogen and oxygen atoms in total.